The van der Waals surface area contributed by atoms with Gasteiger partial charge in [-0.05, 0) is 6.42 Å². The SMILES string of the molecule is CCCOc1cc(F)[c]c(F)c1F. The van der Waals surface area contributed by atoms with Crippen molar-refractivity contribution in [3.63, 3.8) is 0 Å². The topological polar surface area (TPSA) is 9.23 Å². The largest absolute Gasteiger partial charge is 0.490 e. The first-order valence-electron chi connectivity index (χ1n) is 3.84. The van der Waals surface area contributed by atoms with Crippen LogP contribution in [0, 0.1) is 23.5 Å². The van der Waals surface area contributed by atoms with E-state index in [1.807, 2.05) is 0 Å². The lowest BCUT2D eigenvalue weighted by Crippen LogP contribution is -2.00. The Bertz CT molecular complexity index is 299. The minimum Gasteiger partial charge on any atom is -0.490 e. The van der Waals surface area contributed by atoms with Crippen LogP contribution in [-0.4, -0.2) is 6.61 Å². The molecule has 0 aliphatic heterocycles. The lowest BCUT2D eigenvalue weighted by Gasteiger charge is -2.05. The van der Waals surface area contributed by atoms with Crippen molar-refractivity contribution in [1.82, 2.24) is 0 Å². The maximum absolute atomic E-state index is 12.8. The van der Waals surface area contributed by atoms with Gasteiger partial charge in [0.1, 0.15) is 5.82 Å². The van der Waals surface area contributed by atoms with E-state index in [4.69, 9.17) is 4.74 Å². The normalized spacial score (nSPS) is 10.2. The molecule has 0 amide bonds. The highest BCUT2D eigenvalue weighted by molar-refractivity contribution is 5.25. The number of benzene rings is 1. The van der Waals surface area contributed by atoms with Crippen LogP contribution in [0.15, 0.2) is 6.07 Å². The molecule has 1 rings (SSSR count). The van der Waals surface area contributed by atoms with E-state index in [1.54, 1.807) is 13.0 Å². The predicted molar refractivity (Wildman–Crippen MR) is 40.9 cm³/mol. The van der Waals surface area contributed by atoms with Crippen LogP contribution in [0.1, 0.15) is 13.3 Å². The van der Waals surface area contributed by atoms with Crippen LogP contribution in [0.5, 0.6) is 5.75 Å². The van der Waals surface area contributed by atoms with E-state index in [9.17, 15) is 13.2 Å². The Hall–Kier alpha value is -1.19. The molecular weight excluding hydrogens is 181 g/mol. The van der Waals surface area contributed by atoms with Crippen molar-refractivity contribution in [1.29, 1.82) is 0 Å². The zero-order valence-corrected chi connectivity index (χ0v) is 7.03. The summed E-state index contributed by atoms with van der Waals surface area (Å²) in [5.41, 5.74) is 0. The molecule has 0 atom stereocenters. The summed E-state index contributed by atoms with van der Waals surface area (Å²) in [6.07, 6.45) is 0.640. The molecule has 4 heteroatoms. The second kappa shape index (κ2) is 4.16. The quantitative estimate of drug-likeness (QED) is 0.664. The van der Waals surface area contributed by atoms with Gasteiger partial charge in [0, 0.05) is 6.07 Å². The van der Waals surface area contributed by atoms with E-state index in [2.05, 4.69) is 0 Å². The van der Waals surface area contributed by atoms with E-state index in [0.29, 0.717) is 6.42 Å². The summed E-state index contributed by atoms with van der Waals surface area (Å²) >= 11 is 0. The standard InChI is InChI=1S/C9H8F3O/c1-2-3-13-8-5-6(10)4-7(11)9(8)12/h5H,2-3H2,1H3. The van der Waals surface area contributed by atoms with E-state index in [-0.39, 0.29) is 6.61 Å². The summed E-state index contributed by atoms with van der Waals surface area (Å²) in [6.45, 7) is 2.03. The summed E-state index contributed by atoms with van der Waals surface area (Å²) in [5.74, 6) is -3.93. The molecule has 0 bridgehead atoms. The second-order valence-electron chi connectivity index (χ2n) is 2.46. The highest BCUT2D eigenvalue weighted by atomic mass is 19.2. The van der Waals surface area contributed by atoms with Gasteiger partial charge in [-0.3, -0.25) is 0 Å². The first-order chi connectivity index (χ1) is 6.15. The molecule has 1 aromatic carbocycles. The fourth-order valence-corrected chi connectivity index (χ4v) is 0.799. The van der Waals surface area contributed by atoms with Crippen molar-refractivity contribution >= 4 is 0 Å². The lowest BCUT2D eigenvalue weighted by molar-refractivity contribution is 0.292. The van der Waals surface area contributed by atoms with Gasteiger partial charge in [0.25, 0.3) is 0 Å². The third-order valence-corrected chi connectivity index (χ3v) is 1.36. The van der Waals surface area contributed by atoms with Gasteiger partial charge in [0.2, 0.25) is 5.82 Å². The van der Waals surface area contributed by atoms with Crippen molar-refractivity contribution in [2.24, 2.45) is 0 Å². The number of hydrogen-bond acceptors (Lipinski definition) is 1. The molecule has 1 radical (unpaired) electrons. The van der Waals surface area contributed by atoms with Crippen molar-refractivity contribution < 1.29 is 17.9 Å². The van der Waals surface area contributed by atoms with Crippen molar-refractivity contribution in [2.45, 2.75) is 13.3 Å². The molecule has 0 spiro atoms. The third-order valence-electron chi connectivity index (χ3n) is 1.36. The lowest BCUT2D eigenvalue weighted by atomic mass is 10.3. The monoisotopic (exact) mass is 189 g/mol. The smallest absolute Gasteiger partial charge is 0.201 e. The first-order valence-corrected chi connectivity index (χ1v) is 3.84. The molecule has 1 aromatic rings. The van der Waals surface area contributed by atoms with Gasteiger partial charge >= 0.3 is 0 Å². The van der Waals surface area contributed by atoms with Gasteiger partial charge in [-0.25, -0.2) is 8.78 Å². The molecule has 0 unspecified atom stereocenters. The Kier molecular flexibility index (Phi) is 3.17. The van der Waals surface area contributed by atoms with E-state index in [1.165, 1.54) is 0 Å². The van der Waals surface area contributed by atoms with Crippen molar-refractivity contribution in [2.75, 3.05) is 6.61 Å². The Labute approximate surface area is 74.1 Å². The van der Waals surface area contributed by atoms with Crippen LogP contribution < -0.4 is 4.74 Å². The summed E-state index contributed by atoms with van der Waals surface area (Å²) in [4.78, 5) is 0. The third kappa shape index (κ3) is 2.37. The Morgan fingerprint density at radius 3 is 2.69 bits per heavy atom. The molecule has 0 fully saturated rings. The minimum atomic E-state index is -1.36. The zero-order chi connectivity index (χ0) is 9.84. The summed E-state index contributed by atoms with van der Waals surface area (Å²) in [6, 6.07) is 2.34. The fourth-order valence-electron chi connectivity index (χ4n) is 0.799. The Morgan fingerprint density at radius 1 is 1.38 bits per heavy atom. The molecule has 13 heavy (non-hydrogen) atoms. The summed E-state index contributed by atoms with van der Waals surface area (Å²) < 4.78 is 42.6. The minimum absolute atomic E-state index is 0.222. The highest BCUT2D eigenvalue weighted by Crippen LogP contribution is 2.20. The van der Waals surface area contributed by atoms with E-state index in [0.717, 1.165) is 6.07 Å². The average molecular weight is 189 g/mol. The Morgan fingerprint density at radius 2 is 2.08 bits per heavy atom. The summed E-state index contributed by atoms with van der Waals surface area (Å²) in [7, 11) is 0. The number of ether oxygens (including phenoxy) is 1. The summed E-state index contributed by atoms with van der Waals surface area (Å²) in [5, 5.41) is 0. The van der Waals surface area contributed by atoms with Gasteiger partial charge in [0.15, 0.2) is 11.6 Å². The number of rotatable bonds is 3. The number of hydrogen-bond donors (Lipinski definition) is 0. The van der Waals surface area contributed by atoms with E-state index >= 15 is 0 Å². The van der Waals surface area contributed by atoms with Crippen molar-refractivity contribution in [3.05, 3.63) is 29.6 Å². The van der Waals surface area contributed by atoms with Crippen LogP contribution in [-0.2, 0) is 0 Å². The second-order valence-corrected chi connectivity index (χ2v) is 2.46. The van der Waals surface area contributed by atoms with E-state index < -0.39 is 23.2 Å². The predicted octanol–water partition coefficient (Wildman–Crippen LogP) is 2.69. The molecular formula is C9H8F3O. The van der Waals surface area contributed by atoms with Gasteiger partial charge in [-0.15, -0.1) is 0 Å². The zero-order valence-electron chi connectivity index (χ0n) is 7.03. The molecule has 0 saturated heterocycles. The maximum atomic E-state index is 12.8. The van der Waals surface area contributed by atoms with Crippen LogP contribution in [0.4, 0.5) is 13.2 Å². The van der Waals surface area contributed by atoms with Crippen LogP contribution >= 0.6 is 0 Å². The molecule has 0 aliphatic carbocycles. The van der Waals surface area contributed by atoms with Gasteiger partial charge < -0.3 is 4.74 Å². The molecule has 0 aromatic heterocycles. The maximum Gasteiger partial charge on any atom is 0.201 e. The van der Waals surface area contributed by atoms with Crippen LogP contribution in [0.25, 0.3) is 0 Å². The molecule has 0 aliphatic rings. The molecule has 0 heterocycles. The average Bonchev–Trinajstić information content (AvgIpc) is 2.09. The van der Waals surface area contributed by atoms with Crippen LogP contribution in [0.3, 0.4) is 0 Å². The fraction of sp³-hybridized carbons (Fsp3) is 0.333. The molecule has 71 valence electrons. The Balaban J connectivity index is 2.92. The van der Waals surface area contributed by atoms with Gasteiger partial charge in [-0.2, -0.15) is 4.39 Å². The van der Waals surface area contributed by atoms with Crippen molar-refractivity contribution in [3.8, 4) is 5.75 Å². The number of halogens is 3. The van der Waals surface area contributed by atoms with Gasteiger partial charge in [-0.1, -0.05) is 6.92 Å². The molecule has 0 saturated carbocycles. The first kappa shape index (κ1) is 9.89. The van der Waals surface area contributed by atoms with Crippen LogP contribution in [0.2, 0.25) is 0 Å². The molecule has 1 nitrogen and oxygen atoms in total. The highest BCUT2D eigenvalue weighted by Gasteiger charge is 2.12. The molecule has 0 N–H and O–H groups in total. The van der Waals surface area contributed by atoms with Gasteiger partial charge in [0.05, 0.1) is 12.7 Å².